The second kappa shape index (κ2) is 6.70. The van der Waals surface area contributed by atoms with Crippen LogP contribution in [0, 0.1) is 5.82 Å². The zero-order chi connectivity index (χ0) is 19.1. The van der Waals surface area contributed by atoms with Crippen molar-refractivity contribution in [2.24, 2.45) is 0 Å². The number of piperidine rings is 1. The van der Waals surface area contributed by atoms with Gasteiger partial charge >= 0.3 is 0 Å². The van der Waals surface area contributed by atoms with E-state index in [0.29, 0.717) is 37.2 Å². The monoisotopic (exact) mass is 390 g/mol. The second-order valence-corrected chi connectivity index (χ2v) is 8.57. The number of halogens is 1. The Kier molecular flexibility index (Phi) is 4.49. The number of para-hydroxylation sites is 1. The van der Waals surface area contributed by atoms with Crippen LogP contribution in [0.4, 0.5) is 4.39 Å². The van der Waals surface area contributed by atoms with Gasteiger partial charge in [-0.2, -0.15) is 0 Å². The van der Waals surface area contributed by atoms with Crippen LogP contribution in [0.25, 0.3) is 0 Å². The summed E-state index contributed by atoms with van der Waals surface area (Å²) in [5, 5.41) is 0. The molecule has 2 aromatic carbocycles. The van der Waals surface area contributed by atoms with Crippen LogP contribution in [-0.4, -0.2) is 40.6 Å². The molecule has 4 rings (SSSR count). The Bertz CT molecular complexity index is 910. The van der Waals surface area contributed by atoms with Gasteiger partial charge in [0.2, 0.25) is 4.90 Å². The van der Waals surface area contributed by atoms with Gasteiger partial charge in [0.05, 0.1) is 0 Å². The number of rotatable bonds is 1. The molecule has 1 atom stereocenters. The molecule has 0 saturated carbocycles. The molecular weight excluding hydrogens is 371 g/mol. The molecule has 27 heavy (non-hydrogen) atoms. The summed E-state index contributed by atoms with van der Waals surface area (Å²) >= 11 is 0. The van der Waals surface area contributed by atoms with Crippen LogP contribution in [0.5, 0.6) is 5.75 Å². The predicted molar refractivity (Wildman–Crippen MR) is 96.4 cm³/mol. The summed E-state index contributed by atoms with van der Waals surface area (Å²) in [5.41, 5.74) is -0.338. The van der Waals surface area contributed by atoms with E-state index in [-0.39, 0.29) is 17.4 Å². The van der Waals surface area contributed by atoms with Crippen LogP contribution < -0.4 is 9.46 Å². The van der Waals surface area contributed by atoms with Crippen LogP contribution in [0.3, 0.4) is 0 Å². The minimum Gasteiger partial charge on any atom is -0.593 e. The van der Waals surface area contributed by atoms with Gasteiger partial charge in [-0.05, 0) is 49.2 Å². The first kappa shape index (κ1) is 18.1. The molecular formula is C19H19FN2O4S. The molecule has 2 aliphatic heterocycles. The molecule has 142 valence electrons. The Morgan fingerprint density at radius 1 is 1.15 bits per heavy atom. The highest BCUT2D eigenvalue weighted by Crippen LogP contribution is 2.35. The lowest BCUT2D eigenvalue weighted by molar-refractivity contribution is 0.0604. The number of likely N-dealkylation sites (tertiary alicyclic amines) is 1. The zero-order valence-electron chi connectivity index (χ0n) is 14.5. The predicted octanol–water partition coefficient (Wildman–Crippen LogP) is 2.39. The molecule has 1 amide bonds. The smallest absolute Gasteiger partial charge is 0.253 e. The zero-order valence-corrected chi connectivity index (χ0v) is 15.3. The van der Waals surface area contributed by atoms with Gasteiger partial charge in [-0.25, -0.2) is 4.39 Å². The van der Waals surface area contributed by atoms with Crippen molar-refractivity contribution in [3.63, 3.8) is 0 Å². The largest absolute Gasteiger partial charge is 0.593 e. The van der Waals surface area contributed by atoms with Crippen molar-refractivity contribution in [2.75, 3.05) is 19.7 Å². The van der Waals surface area contributed by atoms with Crippen LogP contribution in [0.15, 0.2) is 53.4 Å². The molecule has 6 nitrogen and oxygen atoms in total. The fraction of sp³-hybridized carbons (Fsp3) is 0.316. The van der Waals surface area contributed by atoms with Gasteiger partial charge in [-0.1, -0.05) is 16.3 Å². The number of sulfonamides is 1. The molecule has 1 unspecified atom stereocenters. The third-order valence-electron chi connectivity index (χ3n) is 5.09. The maximum atomic E-state index is 13.1. The summed E-state index contributed by atoms with van der Waals surface area (Å²) in [6.07, 6.45) is 0.875. The highest BCUT2D eigenvalue weighted by atomic mass is 32.3. The molecule has 2 heterocycles. The number of nitrogens with zero attached hydrogens (tertiary/aromatic N) is 1. The molecule has 1 saturated heterocycles. The summed E-state index contributed by atoms with van der Waals surface area (Å²) < 4.78 is 47.1. The lowest BCUT2D eigenvalue weighted by Gasteiger charge is -2.40. The van der Waals surface area contributed by atoms with Gasteiger partial charge in [0, 0.05) is 18.7 Å². The quantitative estimate of drug-likeness (QED) is 0.758. The molecule has 1 fully saturated rings. The summed E-state index contributed by atoms with van der Waals surface area (Å²) in [7, 11) is -3.70. The van der Waals surface area contributed by atoms with Gasteiger partial charge in [0.1, 0.15) is 18.0 Å². The summed E-state index contributed by atoms with van der Waals surface area (Å²) in [4.78, 5) is 14.4. The number of nitrogens with one attached hydrogen (secondary N) is 1. The number of amides is 1. The van der Waals surface area contributed by atoms with E-state index >= 15 is 0 Å². The molecule has 2 aliphatic rings. The van der Waals surface area contributed by atoms with Crippen LogP contribution in [0.2, 0.25) is 0 Å². The van der Waals surface area contributed by atoms with Crippen LogP contribution in [0.1, 0.15) is 23.2 Å². The average Bonchev–Trinajstić information content (AvgIpc) is 2.77. The molecule has 0 aliphatic carbocycles. The maximum Gasteiger partial charge on any atom is 0.253 e. The summed E-state index contributed by atoms with van der Waals surface area (Å²) in [6.45, 7) is 0.985. The van der Waals surface area contributed by atoms with Crippen LogP contribution >= 0.6 is 0 Å². The molecule has 0 radical (unpaired) electrons. The highest BCUT2D eigenvalue weighted by molar-refractivity contribution is 7.96. The van der Waals surface area contributed by atoms with E-state index in [4.69, 9.17) is 4.74 Å². The van der Waals surface area contributed by atoms with E-state index in [2.05, 4.69) is 4.72 Å². The number of hydrogen-bond donors (Lipinski definition) is 1. The molecule has 1 N–H and O–H groups in total. The maximum absolute atomic E-state index is 13.1. The Morgan fingerprint density at radius 2 is 1.81 bits per heavy atom. The summed E-state index contributed by atoms with van der Waals surface area (Å²) in [6, 6.07) is 12.0. The van der Waals surface area contributed by atoms with Crippen molar-refractivity contribution < 1.29 is 22.7 Å². The van der Waals surface area contributed by atoms with Crippen molar-refractivity contribution in [1.82, 2.24) is 9.62 Å². The van der Waals surface area contributed by atoms with Crippen molar-refractivity contribution in [1.29, 1.82) is 0 Å². The Hall–Kier alpha value is -2.29. The summed E-state index contributed by atoms with van der Waals surface area (Å²) in [5.74, 6) is -0.244. The molecule has 2 aromatic rings. The minimum absolute atomic E-state index is 0.131. The van der Waals surface area contributed by atoms with E-state index in [1.165, 1.54) is 30.3 Å². The second-order valence-electron chi connectivity index (χ2n) is 6.92. The number of benzene rings is 2. The third kappa shape index (κ3) is 3.47. The van der Waals surface area contributed by atoms with Crippen molar-refractivity contribution >= 4 is 16.3 Å². The van der Waals surface area contributed by atoms with Crippen molar-refractivity contribution in [3.8, 4) is 5.75 Å². The van der Waals surface area contributed by atoms with Gasteiger partial charge in [0.25, 0.3) is 5.91 Å². The number of carbonyl (C=O) groups is 1. The third-order valence-corrected chi connectivity index (χ3v) is 6.71. The minimum atomic E-state index is -3.70. The Morgan fingerprint density at radius 3 is 2.52 bits per heavy atom. The number of ether oxygens (including phenoxy) is 1. The molecule has 8 heteroatoms. The lowest BCUT2D eigenvalue weighted by Crippen LogP contribution is -2.59. The molecule has 1 spiro atoms. The first-order valence-corrected chi connectivity index (χ1v) is 10.2. The highest BCUT2D eigenvalue weighted by Gasteiger charge is 2.46. The lowest BCUT2D eigenvalue weighted by atomic mass is 9.89. The van der Waals surface area contributed by atoms with Gasteiger partial charge in [-0.3, -0.25) is 4.79 Å². The molecule has 0 aromatic heterocycles. The van der Waals surface area contributed by atoms with Crippen LogP contribution in [-0.2, 0) is 14.6 Å². The first-order chi connectivity index (χ1) is 12.9. The SMILES string of the molecule is O=C(c1ccc(F)cc1)N1CCC2(CC1)COc1ccccc1[S+](=O)([O-])N2. The van der Waals surface area contributed by atoms with E-state index < -0.39 is 21.8 Å². The fourth-order valence-corrected chi connectivity index (χ4v) is 5.13. The van der Waals surface area contributed by atoms with E-state index in [9.17, 15) is 17.9 Å². The van der Waals surface area contributed by atoms with E-state index in [1.807, 2.05) is 0 Å². The molecule has 0 bridgehead atoms. The number of carbonyl (C=O) groups excluding carboxylic acids is 1. The average molecular weight is 390 g/mol. The van der Waals surface area contributed by atoms with E-state index in [0.717, 1.165) is 0 Å². The Balaban J connectivity index is 1.49. The van der Waals surface area contributed by atoms with Gasteiger partial charge in [-0.15, -0.1) is 4.72 Å². The van der Waals surface area contributed by atoms with E-state index in [1.54, 1.807) is 23.1 Å². The van der Waals surface area contributed by atoms with Gasteiger partial charge < -0.3 is 14.2 Å². The topological polar surface area (TPSA) is 81.7 Å². The number of fused-ring (bicyclic) bond motifs is 1. The van der Waals surface area contributed by atoms with Gasteiger partial charge in [0.15, 0.2) is 16.1 Å². The first-order valence-electron chi connectivity index (χ1n) is 8.69. The fourth-order valence-electron chi connectivity index (χ4n) is 3.54. The van der Waals surface area contributed by atoms with Crippen molar-refractivity contribution in [3.05, 3.63) is 59.9 Å². The normalized spacial score (nSPS) is 24.0. The standard InChI is InChI=1S/C19H19FN2O4S/c20-15-7-5-14(6-8-15)18(23)22-11-9-19(10-12-22)13-26-16-3-1-2-4-17(16)27(24,25)21-19/h1-8H,9-13H2,(H-,21,24,25). The van der Waals surface area contributed by atoms with Crippen molar-refractivity contribution in [2.45, 2.75) is 23.3 Å². The number of hydrogen-bond acceptors (Lipinski definition) is 4. The Labute approximate surface area is 157 Å².